The number of nitrogens with one attached hydrogen (secondary N) is 3. The van der Waals surface area contributed by atoms with Crippen molar-refractivity contribution in [1.82, 2.24) is 15.4 Å². The molecule has 3 heterocycles. The molecule has 0 bridgehead atoms. The molecule has 0 spiro atoms. The van der Waals surface area contributed by atoms with Crippen molar-refractivity contribution in [3.05, 3.63) is 65.5 Å². The van der Waals surface area contributed by atoms with Crippen LogP contribution in [-0.4, -0.2) is 21.7 Å². The topological polar surface area (TPSA) is 82.2 Å². The smallest absolute Gasteiger partial charge is 0.275 e. The highest BCUT2D eigenvalue weighted by molar-refractivity contribution is 6.30. The molecule has 6 heteroatoms. The van der Waals surface area contributed by atoms with Crippen molar-refractivity contribution in [3.8, 4) is 0 Å². The molecule has 3 aromatic rings. The molecule has 0 aliphatic carbocycles. The number of fused-ring (bicyclic) bond motifs is 1. The van der Waals surface area contributed by atoms with Gasteiger partial charge in [-0.25, -0.2) is 10.4 Å². The van der Waals surface area contributed by atoms with Gasteiger partial charge in [0.1, 0.15) is 5.65 Å². The summed E-state index contributed by atoms with van der Waals surface area (Å²) in [6, 6.07) is 11.7. The van der Waals surface area contributed by atoms with Crippen LogP contribution in [0.2, 0.25) is 0 Å². The van der Waals surface area contributed by atoms with Crippen LogP contribution in [-0.2, 0) is 4.79 Å². The van der Waals surface area contributed by atoms with Crippen molar-refractivity contribution >= 4 is 34.5 Å². The Labute approximate surface area is 138 Å². The molecule has 2 aromatic heterocycles. The molecule has 118 valence electrons. The van der Waals surface area contributed by atoms with Gasteiger partial charge in [-0.3, -0.25) is 4.79 Å². The lowest BCUT2D eigenvalue weighted by molar-refractivity contribution is -0.116. The third-order valence-corrected chi connectivity index (χ3v) is 3.83. The van der Waals surface area contributed by atoms with Crippen molar-refractivity contribution in [2.75, 3.05) is 5.32 Å². The number of pyridine rings is 1. The molecule has 0 radical (unpaired) electrons. The largest absolute Gasteiger partial charge is 0.346 e. The Morgan fingerprint density at radius 3 is 3.00 bits per heavy atom. The van der Waals surface area contributed by atoms with Gasteiger partial charge in [-0.15, -0.1) is 0 Å². The van der Waals surface area contributed by atoms with E-state index in [1.807, 2.05) is 55.6 Å². The summed E-state index contributed by atoms with van der Waals surface area (Å²) in [5.74, 6) is 0.271. The maximum Gasteiger partial charge on any atom is 0.275 e. The average molecular weight is 317 g/mol. The number of hydrogen-bond acceptors (Lipinski definition) is 4. The molecule has 4 rings (SSSR count). The SMILES string of the molecule is Cc1cccc(NC2=NNC(=O)C2=Cc2c[nH]c3ncccc23)c1. The number of aromatic amines is 1. The first-order valence-corrected chi connectivity index (χ1v) is 7.56. The van der Waals surface area contributed by atoms with Gasteiger partial charge >= 0.3 is 0 Å². The van der Waals surface area contributed by atoms with Gasteiger partial charge in [0.15, 0.2) is 5.84 Å². The molecule has 0 atom stereocenters. The van der Waals surface area contributed by atoms with Gasteiger partial charge in [-0.05, 0) is 42.8 Å². The highest BCUT2D eigenvalue weighted by atomic mass is 16.2. The van der Waals surface area contributed by atoms with Crippen LogP contribution in [0.3, 0.4) is 0 Å². The maximum atomic E-state index is 12.1. The molecule has 0 saturated heterocycles. The van der Waals surface area contributed by atoms with E-state index in [-0.39, 0.29) is 5.91 Å². The number of aryl methyl sites for hydroxylation is 1. The zero-order valence-corrected chi connectivity index (χ0v) is 13.0. The van der Waals surface area contributed by atoms with Gasteiger partial charge in [-0.1, -0.05) is 12.1 Å². The predicted octanol–water partition coefficient (Wildman–Crippen LogP) is 2.81. The second-order valence-electron chi connectivity index (χ2n) is 5.60. The minimum atomic E-state index is -0.233. The number of H-pyrrole nitrogens is 1. The van der Waals surface area contributed by atoms with Gasteiger partial charge in [0, 0.05) is 29.0 Å². The number of benzene rings is 1. The summed E-state index contributed by atoms with van der Waals surface area (Å²) in [6.07, 6.45) is 5.37. The summed E-state index contributed by atoms with van der Waals surface area (Å²) in [5.41, 5.74) is 6.69. The van der Waals surface area contributed by atoms with Crippen LogP contribution in [0.25, 0.3) is 17.1 Å². The lowest BCUT2D eigenvalue weighted by Crippen LogP contribution is -2.17. The van der Waals surface area contributed by atoms with Gasteiger partial charge in [0.2, 0.25) is 0 Å². The first-order valence-electron chi connectivity index (χ1n) is 7.56. The van der Waals surface area contributed by atoms with Crippen LogP contribution in [0, 0.1) is 6.92 Å². The highest BCUT2D eigenvalue weighted by Gasteiger charge is 2.23. The molecule has 1 amide bonds. The Hall–Kier alpha value is -3.41. The fourth-order valence-corrected chi connectivity index (χ4v) is 2.68. The van der Waals surface area contributed by atoms with Crippen LogP contribution in [0.4, 0.5) is 5.69 Å². The zero-order chi connectivity index (χ0) is 16.5. The Morgan fingerprint density at radius 2 is 2.12 bits per heavy atom. The molecule has 1 aliphatic rings. The monoisotopic (exact) mass is 317 g/mol. The van der Waals surface area contributed by atoms with E-state index in [0.29, 0.717) is 11.4 Å². The average Bonchev–Trinajstić information content (AvgIpc) is 3.14. The van der Waals surface area contributed by atoms with E-state index in [1.54, 1.807) is 6.20 Å². The minimum absolute atomic E-state index is 0.233. The first kappa shape index (κ1) is 14.2. The van der Waals surface area contributed by atoms with E-state index < -0.39 is 0 Å². The Balaban J connectivity index is 1.70. The Bertz CT molecular complexity index is 999. The van der Waals surface area contributed by atoms with Crippen molar-refractivity contribution in [1.29, 1.82) is 0 Å². The van der Waals surface area contributed by atoms with Crippen molar-refractivity contribution in [2.24, 2.45) is 5.10 Å². The number of amides is 1. The van der Waals surface area contributed by atoms with E-state index in [0.717, 1.165) is 27.8 Å². The van der Waals surface area contributed by atoms with E-state index in [1.165, 1.54) is 0 Å². The summed E-state index contributed by atoms with van der Waals surface area (Å²) in [5, 5.41) is 8.25. The number of rotatable bonds is 2. The fraction of sp³-hybridized carbons (Fsp3) is 0.0556. The molecule has 0 saturated carbocycles. The molecular formula is C18H15N5O. The summed E-state index contributed by atoms with van der Waals surface area (Å²) in [4.78, 5) is 19.5. The molecule has 24 heavy (non-hydrogen) atoms. The number of anilines is 1. The second-order valence-corrected chi connectivity index (χ2v) is 5.60. The standard InChI is InChI=1S/C18H15N5O/c1-11-4-2-5-13(8-11)21-17-15(18(24)23-22-17)9-12-10-20-16-14(12)6-3-7-19-16/h2-10H,1H3,(H,19,20)(H,21,22)(H,23,24). The predicted molar refractivity (Wildman–Crippen MR) is 94.5 cm³/mol. The Morgan fingerprint density at radius 1 is 1.21 bits per heavy atom. The van der Waals surface area contributed by atoms with Crippen LogP contribution in [0.5, 0.6) is 0 Å². The molecule has 0 unspecified atom stereocenters. The van der Waals surface area contributed by atoms with Crippen LogP contribution in [0.15, 0.2) is 59.5 Å². The van der Waals surface area contributed by atoms with Gasteiger partial charge in [0.05, 0.1) is 5.57 Å². The number of hydrogen-bond donors (Lipinski definition) is 3. The van der Waals surface area contributed by atoms with Crippen LogP contribution in [0.1, 0.15) is 11.1 Å². The normalized spacial score (nSPS) is 15.6. The molecule has 3 N–H and O–H groups in total. The molecular weight excluding hydrogens is 302 g/mol. The zero-order valence-electron chi connectivity index (χ0n) is 13.0. The number of carbonyl (C=O) groups is 1. The quantitative estimate of drug-likeness (QED) is 0.636. The highest BCUT2D eigenvalue weighted by Crippen LogP contribution is 2.21. The van der Waals surface area contributed by atoms with Gasteiger partial charge < -0.3 is 10.3 Å². The van der Waals surface area contributed by atoms with E-state index in [4.69, 9.17) is 0 Å². The first-order chi connectivity index (χ1) is 11.7. The molecule has 0 fully saturated rings. The third kappa shape index (κ3) is 2.54. The maximum absolute atomic E-state index is 12.1. The van der Waals surface area contributed by atoms with Crippen LogP contribution >= 0.6 is 0 Å². The molecule has 1 aliphatic heterocycles. The van der Waals surface area contributed by atoms with E-state index >= 15 is 0 Å². The minimum Gasteiger partial charge on any atom is -0.346 e. The molecule has 6 nitrogen and oxygen atoms in total. The Kier molecular flexibility index (Phi) is 3.35. The van der Waals surface area contributed by atoms with E-state index in [2.05, 4.69) is 25.8 Å². The number of aromatic nitrogens is 2. The summed E-state index contributed by atoms with van der Waals surface area (Å²) in [6.45, 7) is 2.01. The third-order valence-electron chi connectivity index (χ3n) is 3.83. The van der Waals surface area contributed by atoms with Gasteiger partial charge in [-0.2, -0.15) is 5.10 Å². The summed E-state index contributed by atoms with van der Waals surface area (Å²) in [7, 11) is 0. The molecule has 1 aromatic carbocycles. The number of amidine groups is 1. The second kappa shape index (κ2) is 5.66. The van der Waals surface area contributed by atoms with Gasteiger partial charge in [0.25, 0.3) is 5.91 Å². The summed E-state index contributed by atoms with van der Waals surface area (Å²) >= 11 is 0. The number of nitrogens with zero attached hydrogens (tertiary/aromatic N) is 2. The number of carbonyl (C=O) groups excluding carboxylic acids is 1. The fourth-order valence-electron chi connectivity index (χ4n) is 2.68. The lowest BCUT2D eigenvalue weighted by Gasteiger charge is -2.06. The van der Waals surface area contributed by atoms with E-state index in [9.17, 15) is 4.79 Å². The lowest BCUT2D eigenvalue weighted by atomic mass is 10.1. The van der Waals surface area contributed by atoms with Crippen LogP contribution < -0.4 is 10.7 Å². The van der Waals surface area contributed by atoms with Crippen molar-refractivity contribution in [2.45, 2.75) is 6.92 Å². The number of hydrazone groups is 1. The van der Waals surface area contributed by atoms with Crippen molar-refractivity contribution in [3.63, 3.8) is 0 Å². The van der Waals surface area contributed by atoms with Crippen molar-refractivity contribution < 1.29 is 4.79 Å². The summed E-state index contributed by atoms with van der Waals surface area (Å²) < 4.78 is 0.